The van der Waals surface area contributed by atoms with Crippen molar-refractivity contribution in [3.8, 4) is 33.8 Å². The summed E-state index contributed by atoms with van der Waals surface area (Å²) in [7, 11) is 0. The molecule has 0 radical (unpaired) electrons. The first-order valence-corrected chi connectivity index (χ1v) is 12.2. The Morgan fingerprint density at radius 2 is 1.53 bits per heavy atom. The van der Waals surface area contributed by atoms with Gasteiger partial charge in [0.15, 0.2) is 11.5 Å². The lowest BCUT2D eigenvalue weighted by atomic mass is 9.72. The molecule has 0 aliphatic heterocycles. The minimum atomic E-state index is -0.180. The van der Waals surface area contributed by atoms with Gasteiger partial charge in [0.05, 0.1) is 16.7 Å². The molecule has 174 valence electrons. The summed E-state index contributed by atoms with van der Waals surface area (Å²) in [5.41, 5.74) is 15.4. The predicted molar refractivity (Wildman–Crippen MR) is 142 cm³/mol. The molecule has 0 amide bonds. The van der Waals surface area contributed by atoms with Crippen LogP contribution in [0, 0.1) is 0 Å². The van der Waals surface area contributed by atoms with E-state index in [1.807, 2.05) is 30.3 Å². The number of hydrogen-bond acceptors (Lipinski definition) is 5. The Morgan fingerprint density at radius 3 is 2.25 bits per heavy atom. The molecule has 0 atom stereocenters. The van der Waals surface area contributed by atoms with Gasteiger partial charge < -0.3 is 5.73 Å². The first kappa shape index (κ1) is 20.9. The standard InChI is InChI=1S/C30H24N6/c31-30(15-4-16-30)23-9-7-21(8-10-23)28-24(20-5-2-1-3-6-20)19-26-25(33-28)11-12-27-34-35-29(36(26)27)22-13-17-32-18-14-22/h1-3,5-14,17-19H,4,15-16,31H2. The van der Waals surface area contributed by atoms with Gasteiger partial charge in [-0.15, -0.1) is 10.2 Å². The maximum atomic E-state index is 6.58. The molecule has 0 bridgehead atoms. The van der Waals surface area contributed by atoms with Gasteiger partial charge in [0.25, 0.3) is 0 Å². The van der Waals surface area contributed by atoms with Crippen molar-refractivity contribution in [2.24, 2.45) is 5.73 Å². The summed E-state index contributed by atoms with van der Waals surface area (Å²) in [6.07, 6.45) is 6.83. The van der Waals surface area contributed by atoms with E-state index in [1.54, 1.807) is 12.4 Å². The van der Waals surface area contributed by atoms with Gasteiger partial charge in [-0.1, -0.05) is 54.6 Å². The van der Waals surface area contributed by atoms with E-state index in [-0.39, 0.29) is 5.54 Å². The SMILES string of the molecule is NC1(c2ccc(-c3nc4ccc5nnc(-c6ccncc6)n5c4cc3-c3ccccc3)cc2)CCC1. The van der Waals surface area contributed by atoms with E-state index < -0.39 is 0 Å². The molecular weight excluding hydrogens is 444 g/mol. The lowest BCUT2D eigenvalue weighted by molar-refractivity contribution is 0.253. The van der Waals surface area contributed by atoms with Crippen LogP contribution in [0.15, 0.2) is 97.3 Å². The molecule has 4 aromatic heterocycles. The van der Waals surface area contributed by atoms with Crippen LogP contribution in [0.2, 0.25) is 0 Å². The van der Waals surface area contributed by atoms with Crippen LogP contribution in [-0.4, -0.2) is 24.6 Å². The van der Waals surface area contributed by atoms with Crippen molar-refractivity contribution < 1.29 is 0 Å². The van der Waals surface area contributed by atoms with Crippen molar-refractivity contribution in [1.29, 1.82) is 0 Å². The second-order valence-corrected chi connectivity index (χ2v) is 9.53. The Balaban J connectivity index is 1.47. The zero-order chi connectivity index (χ0) is 24.1. The van der Waals surface area contributed by atoms with Crippen LogP contribution in [0.5, 0.6) is 0 Å². The average Bonchev–Trinajstić information content (AvgIpc) is 3.37. The van der Waals surface area contributed by atoms with Crippen LogP contribution in [0.3, 0.4) is 0 Å². The van der Waals surface area contributed by atoms with Crippen molar-refractivity contribution in [1.82, 2.24) is 24.6 Å². The number of nitrogens with two attached hydrogens (primary N) is 1. The zero-order valence-electron chi connectivity index (χ0n) is 19.7. The number of nitrogens with zero attached hydrogens (tertiary/aromatic N) is 5. The quantitative estimate of drug-likeness (QED) is 0.343. The van der Waals surface area contributed by atoms with Crippen molar-refractivity contribution in [2.45, 2.75) is 24.8 Å². The number of rotatable bonds is 4. The molecule has 2 N–H and O–H groups in total. The van der Waals surface area contributed by atoms with Gasteiger partial charge in [0.2, 0.25) is 0 Å². The summed E-state index contributed by atoms with van der Waals surface area (Å²) < 4.78 is 2.08. The van der Waals surface area contributed by atoms with Crippen molar-refractivity contribution in [2.75, 3.05) is 0 Å². The molecule has 0 spiro atoms. The minimum Gasteiger partial charge on any atom is -0.321 e. The zero-order valence-corrected chi connectivity index (χ0v) is 19.7. The van der Waals surface area contributed by atoms with Crippen LogP contribution < -0.4 is 5.73 Å². The normalized spacial score (nSPS) is 14.7. The summed E-state index contributed by atoms with van der Waals surface area (Å²) in [5.74, 6) is 0.768. The average molecular weight is 469 g/mol. The molecule has 1 aliphatic carbocycles. The second kappa shape index (κ2) is 8.07. The van der Waals surface area contributed by atoms with Crippen molar-refractivity contribution in [3.63, 3.8) is 0 Å². The molecule has 2 aromatic carbocycles. The minimum absolute atomic E-state index is 0.180. The first-order chi connectivity index (χ1) is 17.7. The Labute approximate surface area is 208 Å². The molecular formula is C30H24N6. The summed E-state index contributed by atoms with van der Waals surface area (Å²) in [6.45, 7) is 0. The number of benzene rings is 2. The maximum absolute atomic E-state index is 6.58. The summed E-state index contributed by atoms with van der Waals surface area (Å²) >= 11 is 0. The van der Waals surface area contributed by atoms with Gasteiger partial charge in [-0.2, -0.15) is 0 Å². The lowest BCUT2D eigenvalue weighted by Gasteiger charge is -2.38. The van der Waals surface area contributed by atoms with Crippen LogP contribution >= 0.6 is 0 Å². The number of fused-ring (bicyclic) bond motifs is 3. The van der Waals surface area contributed by atoms with E-state index in [2.05, 4.69) is 74.2 Å². The van der Waals surface area contributed by atoms with Crippen LogP contribution in [0.4, 0.5) is 0 Å². The highest BCUT2D eigenvalue weighted by Crippen LogP contribution is 2.40. The molecule has 6 heteroatoms. The van der Waals surface area contributed by atoms with E-state index in [0.29, 0.717) is 0 Å². The fraction of sp³-hybridized carbons (Fsp3) is 0.133. The number of pyridine rings is 3. The first-order valence-electron chi connectivity index (χ1n) is 12.2. The smallest absolute Gasteiger partial charge is 0.169 e. The third-order valence-electron chi connectivity index (χ3n) is 7.35. The molecule has 7 rings (SSSR count). The van der Waals surface area contributed by atoms with Gasteiger partial charge in [-0.25, -0.2) is 4.98 Å². The Hall–Kier alpha value is -4.42. The van der Waals surface area contributed by atoms with E-state index in [4.69, 9.17) is 10.7 Å². The van der Waals surface area contributed by atoms with E-state index in [1.165, 1.54) is 12.0 Å². The largest absolute Gasteiger partial charge is 0.321 e. The van der Waals surface area contributed by atoms with Crippen molar-refractivity contribution >= 4 is 16.7 Å². The maximum Gasteiger partial charge on any atom is 0.169 e. The van der Waals surface area contributed by atoms with E-state index in [0.717, 1.165) is 63.3 Å². The Morgan fingerprint density at radius 1 is 0.750 bits per heavy atom. The summed E-state index contributed by atoms with van der Waals surface area (Å²) in [6, 6.07) is 29.1. The second-order valence-electron chi connectivity index (χ2n) is 9.53. The molecule has 6 nitrogen and oxygen atoms in total. The fourth-order valence-corrected chi connectivity index (χ4v) is 5.17. The van der Waals surface area contributed by atoms with Gasteiger partial charge in [0, 0.05) is 34.6 Å². The van der Waals surface area contributed by atoms with Gasteiger partial charge >= 0.3 is 0 Å². The molecule has 1 fully saturated rings. The van der Waals surface area contributed by atoms with Gasteiger partial charge in [-0.3, -0.25) is 9.38 Å². The number of aromatic nitrogens is 5. The fourth-order valence-electron chi connectivity index (χ4n) is 5.17. The van der Waals surface area contributed by atoms with Crippen LogP contribution in [0.25, 0.3) is 50.5 Å². The van der Waals surface area contributed by atoms with E-state index >= 15 is 0 Å². The molecule has 6 aromatic rings. The molecule has 0 saturated heterocycles. The van der Waals surface area contributed by atoms with Gasteiger partial charge in [-0.05, 0) is 60.7 Å². The highest BCUT2D eigenvalue weighted by Gasteiger charge is 2.34. The third-order valence-corrected chi connectivity index (χ3v) is 7.35. The molecule has 4 heterocycles. The van der Waals surface area contributed by atoms with Crippen LogP contribution in [0.1, 0.15) is 24.8 Å². The van der Waals surface area contributed by atoms with Crippen molar-refractivity contribution in [3.05, 3.63) is 103 Å². The van der Waals surface area contributed by atoms with E-state index in [9.17, 15) is 0 Å². The summed E-state index contributed by atoms with van der Waals surface area (Å²) in [5, 5.41) is 8.92. The number of hydrogen-bond donors (Lipinski definition) is 1. The predicted octanol–water partition coefficient (Wildman–Crippen LogP) is 6.01. The highest BCUT2D eigenvalue weighted by molar-refractivity contribution is 5.92. The Kier molecular flexibility index (Phi) is 4.69. The monoisotopic (exact) mass is 468 g/mol. The lowest BCUT2D eigenvalue weighted by Crippen LogP contribution is -2.43. The molecule has 0 unspecified atom stereocenters. The Bertz CT molecular complexity index is 1700. The highest BCUT2D eigenvalue weighted by atomic mass is 15.2. The third kappa shape index (κ3) is 3.30. The van der Waals surface area contributed by atoms with Crippen LogP contribution in [-0.2, 0) is 5.54 Å². The van der Waals surface area contributed by atoms with Gasteiger partial charge in [0.1, 0.15) is 0 Å². The molecule has 1 aliphatic rings. The molecule has 1 saturated carbocycles. The molecule has 36 heavy (non-hydrogen) atoms. The summed E-state index contributed by atoms with van der Waals surface area (Å²) in [4.78, 5) is 9.34. The topological polar surface area (TPSA) is 82.0 Å².